The summed E-state index contributed by atoms with van der Waals surface area (Å²) in [6, 6.07) is 11.1. The van der Waals surface area contributed by atoms with Crippen LogP contribution in [-0.2, 0) is 8.87 Å². The molecule has 1 heterocycles. The molecule has 0 spiro atoms. The SMILES string of the molecule is O=S1(=O)Sc2cccc3cccc1c23. The van der Waals surface area contributed by atoms with E-state index < -0.39 is 8.87 Å². The van der Waals surface area contributed by atoms with Crippen LogP contribution in [0.1, 0.15) is 0 Å². The molecule has 0 saturated heterocycles. The molecule has 70 valence electrons. The van der Waals surface area contributed by atoms with Gasteiger partial charge in [0.05, 0.1) is 4.90 Å². The highest BCUT2D eigenvalue weighted by molar-refractivity contribution is 8.72. The maximum atomic E-state index is 11.7. The molecule has 2 nitrogen and oxygen atoms in total. The van der Waals surface area contributed by atoms with Gasteiger partial charge in [-0.3, -0.25) is 0 Å². The van der Waals surface area contributed by atoms with Gasteiger partial charge in [0, 0.05) is 21.1 Å². The zero-order chi connectivity index (χ0) is 9.76. The summed E-state index contributed by atoms with van der Waals surface area (Å²) in [4.78, 5) is 1.30. The van der Waals surface area contributed by atoms with Crippen LogP contribution in [0.5, 0.6) is 0 Å². The van der Waals surface area contributed by atoms with Gasteiger partial charge in [0.1, 0.15) is 0 Å². The van der Waals surface area contributed by atoms with Gasteiger partial charge in [0.25, 0.3) is 0 Å². The molecule has 0 radical (unpaired) electrons. The van der Waals surface area contributed by atoms with Crippen molar-refractivity contribution in [2.24, 2.45) is 0 Å². The Morgan fingerprint density at radius 1 is 1.00 bits per heavy atom. The Kier molecular flexibility index (Phi) is 1.50. The normalized spacial score (nSPS) is 17.4. The Hall–Kier alpha value is -1.00. The van der Waals surface area contributed by atoms with Crippen molar-refractivity contribution in [3.63, 3.8) is 0 Å². The minimum absolute atomic E-state index is 0.454. The van der Waals surface area contributed by atoms with E-state index in [4.69, 9.17) is 0 Å². The van der Waals surface area contributed by atoms with E-state index in [9.17, 15) is 8.42 Å². The van der Waals surface area contributed by atoms with Crippen LogP contribution in [0.15, 0.2) is 46.2 Å². The lowest BCUT2D eigenvalue weighted by atomic mass is 10.1. The maximum Gasteiger partial charge on any atom is 0.235 e. The van der Waals surface area contributed by atoms with Gasteiger partial charge in [0.15, 0.2) is 0 Å². The van der Waals surface area contributed by atoms with E-state index in [-0.39, 0.29) is 0 Å². The molecule has 2 aromatic carbocycles. The number of hydrogen-bond acceptors (Lipinski definition) is 3. The highest BCUT2D eigenvalue weighted by Crippen LogP contribution is 2.45. The smallest absolute Gasteiger partial charge is 0.212 e. The third-order valence-corrected chi connectivity index (χ3v) is 5.65. The van der Waals surface area contributed by atoms with Crippen LogP contribution in [0, 0.1) is 0 Å². The van der Waals surface area contributed by atoms with Gasteiger partial charge in [-0.1, -0.05) is 24.3 Å². The van der Waals surface area contributed by atoms with Crippen LogP contribution in [0.4, 0.5) is 0 Å². The summed E-state index contributed by atoms with van der Waals surface area (Å²) in [6.45, 7) is 0. The van der Waals surface area contributed by atoms with Crippen molar-refractivity contribution in [1.82, 2.24) is 0 Å². The number of rotatable bonds is 0. The van der Waals surface area contributed by atoms with Gasteiger partial charge in [-0.05, 0) is 17.5 Å². The summed E-state index contributed by atoms with van der Waals surface area (Å²) < 4.78 is 23.4. The van der Waals surface area contributed by atoms with E-state index in [2.05, 4.69) is 0 Å². The minimum atomic E-state index is -3.14. The molecule has 0 amide bonds. The highest BCUT2D eigenvalue weighted by Gasteiger charge is 2.28. The van der Waals surface area contributed by atoms with Gasteiger partial charge < -0.3 is 0 Å². The monoisotopic (exact) mass is 222 g/mol. The topological polar surface area (TPSA) is 34.1 Å². The van der Waals surface area contributed by atoms with Gasteiger partial charge in [-0.25, -0.2) is 8.42 Å². The third-order valence-electron chi connectivity index (χ3n) is 2.30. The number of benzene rings is 2. The molecule has 2 aromatic rings. The van der Waals surface area contributed by atoms with Crippen LogP contribution >= 0.6 is 10.8 Å². The minimum Gasteiger partial charge on any atom is -0.212 e. The molecule has 0 bridgehead atoms. The van der Waals surface area contributed by atoms with E-state index in [0.29, 0.717) is 4.90 Å². The molecule has 0 aliphatic carbocycles. The Balaban J connectivity index is 2.63. The van der Waals surface area contributed by atoms with Gasteiger partial charge in [-0.2, -0.15) is 0 Å². The van der Waals surface area contributed by atoms with Crippen molar-refractivity contribution in [3.8, 4) is 0 Å². The van der Waals surface area contributed by atoms with Crippen molar-refractivity contribution in [3.05, 3.63) is 36.4 Å². The van der Waals surface area contributed by atoms with Crippen LogP contribution in [-0.4, -0.2) is 8.42 Å². The van der Waals surface area contributed by atoms with Crippen molar-refractivity contribution in [1.29, 1.82) is 0 Å². The van der Waals surface area contributed by atoms with E-state index >= 15 is 0 Å². The lowest BCUT2D eigenvalue weighted by molar-refractivity contribution is 0.612. The predicted octanol–water partition coefficient (Wildman–Crippen LogP) is 2.63. The average molecular weight is 222 g/mol. The van der Waals surface area contributed by atoms with Crippen LogP contribution in [0.3, 0.4) is 0 Å². The molecular formula is C10H6O2S2. The average Bonchev–Trinajstić information content (AvgIpc) is 2.41. The Labute approximate surface area is 85.3 Å². The summed E-state index contributed by atoms with van der Waals surface area (Å²) in [5.41, 5.74) is 0. The lowest BCUT2D eigenvalue weighted by Gasteiger charge is -1.96. The third kappa shape index (κ3) is 0.952. The first-order valence-corrected chi connectivity index (χ1v) is 6.96. The first kappa shape index (κ1) is 8.32. The largest absolute Gasteiger partial charge is 0.235 e. The van der Waals surface area contributed by atoms with E-state index in [1.807, 2.05) is 24.3 Å². The molecule has 1 aliphatic rings. The molecule has 1 aliphatic heterocycles. The zero-order valence-electron chi connectivity index (χ0n) is 7.10. The van der Waals surface area contributed by atoms with Crippen molar-refractivity contribution < 1.29 is 8.42 Å². The number of hydrogen-bond donors (Lipinski definition) is 0. The Morgan fingerprint density at radius 2 is 1.71 bits per heavy atom. The summed E-state index contributed by atoms with van der Waals surface area (Å²) in [7, 11) is -2.20. The van der Waals surface area contributed by atoms with Gasteiger partial charge in [0.2, 0.25) is 8.87 Å². The highest BCUT2D eigenvalue weighted by atomic mass is 33.1. The molecule has 0 atom stereocenters. The van der Waals surface area contributed by atoms with Crippen LogP contribution < -0.4 is 0 Å². The molecule has 0 aromatic heterocycles. The Morgan fingerprint density at radius 3 is 2.50 bits per heavy atom. The fourth-order valence-electron chi connectivity index (χ4n) is 1.71. The Bertz CT molecular complexity index is 624. The second-order valence-electron chi connectivity index (χ2n) is 3.15. The molecule has 4 heteroatoms. The zero-order valence-corrected chi connectivity index (χ0v) is 8.73. The second-order valence-corrected chi connectivity index (χ2v) is 6.92. The van der Waals surface area contributed by atoms with Crippen molar-refractivity contribution in [2.45, 2.75) is 9.79 Å². The molecule has 0 N–H and O–H groups in total. The standard InChI is InChI=1S/C10H6O2S2/c11-14(12)9-6-2-4-7-3-1-5-8(13-14)10(7)9/h1-6H. The molecule has 0 saturated carbocycles. The maximum absolute atomic E-state index is 11.7. The lowest BCUT2D eigenvalue weighted by Crippen LogP contribution is -1.87. The molecule has 14 heavy (non-hydrogen) atoms. The van der Waals surface area contributed by atoms with E-state index in [1.165, 1.54) is 0 Å². The quantitative estimate of drug-likeness (QED) is 0.643. The van der Waals surface area contributed by atoms with E-state index in [1.54, 1.807) is 12.1 Å². The van der Waals surface area contributed by atoms with Crippen molar-refractivity contribution >= 4 is 30.4 Å². The van der Waals surface area contributed by atoms with Gasteiger partial charge >= 0.3 is 0 Å². The van der Waals surface area contributed by atoms with Crippen LogP contribution in [0.25, 0.3) is 10.8 Å². The van der Waals surface area contributed by atoms with E-state index in [0.717, 1.165) is 26.5 Å². The second kappa shape index (κ2) is 2.52. The van der Waals surface area contributed by atoms with Crippen molar-refractivity contribution in [2.75, 3.05) is 0 Å². The fourth-order valence-corrected chi connectivity index (χ4v) is 5.08. The summed E-state index contributed by atoms with van der Waals surface area (Å²) >= 11 is 0. The summed E-state index contributed by atoms with van der Waals surface area (Å²) in [5.74, 6) is 0. The summed E-state index contributed by atoms with van der Waals surface area (Å²) in [6.07, 6.45) is 0. The fraction of sp³-hybridized carbons (Fsp3) is 0. The first-order chi connectivity index (χ1) is 6.68. The molecule has 0 fully saturated rings. The summed E-state index contributed by atoms with van der Waals surface area (Å²) in [5, 5.41) is 1.87. The first-order valence-electron chi connectivity index (χ1n) is 4.15. The van der Waals surface area contributed by atoms with Crippen LogP contribution in [0.2, 0.25) is 0 Å². The predicted molar refractivity (Wildman–Crippen MR) is 57.0 cm³/mol. The molecule has 0 unspecified atom stereocenters. The molecular weight excluding hydrogens is 216 g/mol. The molecule has 3 rings (SSSR count). The van der Waals surface area contributed by atoms with Gasteiger partial charge in [-0.15, -0.1) is 0 Å².